The van der Waals surface area contributed by atoms with E-state index in [9.17, 15) is 9.59 Å². The van der Waals surface area contributed by atoms with Crippen molar-refractivity contribution in [2.75, 3.05) is 19.9 Å². The van der Waals surface area contributed by atoms with Crippen molar-refractivity contribution in [2.24, 2.45) is 0 Å². The lowest BCUT2D eigenvalue weighted by atomic mass is 10.1. The largest absolute Gasteiger partial charge is 0.468 e. The molecule has 0 radical (unpaired) electrons. The van der Waals surface area contributed by atoms with Gasteiger partial charge >= 0.3 is 11.9 Å². The predicted octanol–water partition coefficient (Wildman–Crippen LogP) is 2.83. The molecule has 6 heteroatoms. The summed E-state index contributed by atoms with van der Waals surface area (Å²) >= 11 is 1.66. The molecule has 5 nitrogen and oxygen atoms in total. The summed E-state index contributed by atoms with van der Waals surface area (Å²) in [6.07, 6.45) is 2.45. The molecule has 0 saturated carbocycles. The van der Waals surface area contributed by atoms with Crippen LogP contribution in [0.5, 0.6) is 0 Å². The SMILES string of the molecule is COC(=O)[C@H](Cc1ccccc1)NCC(=O)OCc1ccc(SC)cc1. The zero-order valence-electron chi connectivity index (χ0n) is 14.9. The molecule has 26 heavy (non-hydrogen) atoms. The minimum atomic E-state index is -0.601. The summed E-state index contributed by atoms with van der Waals surface area (Å²) in [5.41, 5.74) is 1.91. The third-order valence-corrected chi connectivity index (χ3v) is 4.56. The molecule has 0 aliphatic heterocycles. The number of thioether (sulfide) groups is 1. The van der Waals surface area contributed by atoms with Gasteiger partial charge in [0.05, 0.1) is 13.7 Å². The van der Waals surface area contributed by atoms with Gasteiger partial charge in [-0.3, -0.25) is 14.9 Å². The van der Waals surface area contributed by atoms with Gasteiger partial charge in [-0.2, -0.15) is 0 Å². The number of benzene rings is 2. The second kappa shape index (κ2) is 10.6. The fraction of sp³-hybridized carbons (Fsp3) is 0.300. The lowest BCUT2D eigenvalue weighted by Crippen LogP contribution is -2.42. The van der Waals surface area contributed by atoms with Crippen molar-refractivity contribution >= 4 is 23.7 Å². The predicted molar refractivity (Wildman–Crippen MR) is 102 cm³/mol. The van der Waals surface area contributed by atoms with E-state index < -0.39 is 18.0 Å². The van der Waals surface area contributed by atoms with E-state index in [0.29, 0.717) is 6.42 Å². The van der Waals surface area contributed by atoms with Crippen molar-refractivity contribution in [3.05, 3.63) is 65.7 Å². The normalized spacial score (nSPS) is 11.6. The van der Waals surface area contributed by atoms with E-state index in [2.05, 4.69) is 5.32 Å². The van der Waals surface area contributed by atoms with E-state index in [0.717, 1.165) is 16.0 Å². The smallest absolute Gasteiger partial charge is 0.323 e. The summed E-state index contributed by atoms with van der Waals surface area (Å²) in [4.78, 5) is 25.1. The molecule has 2 aromatic rings. The van der Waals surface area contributed by atoms with Crippen molar-refractivity contribution in [2.45, 2.75) is 24.0 Å². The first-order chi connectivity index (χ1) is 12.6. The fourth-order valence-corrected chi connectivity index (χ4v) is 2.78. The molecule has 1 atom stereocenters. The van der Waals surface area contributed by atoms with Crippen LogP contribution in [0.25, 0.3) is 0 Å². The standard InChI is InChI=1S/C20H23NO4S/c1-24-20(23)18(12-15-6-4-3-5-7-15)21-13-19(22)25-14-16-8-10-17(26-2)11-9-16/h3-11,18,21H,12-14H2,1-2H3/t18-/m0/s1. The molecule has 1 N–H and O–H groups in total. The highest BCUT2D eigenvalue weighted by Gasteiger charge is 2.20. The molecule has 2 aromatic carbocycles. The van der Waals surface area contributed by atoms with Crippen LogP contribution in [0.4, 0.5) is 0 Å². The summed E-state index contributed by atoms with van der Waals surface area (Å²) < 4.78 is 10.1. The summed E-state index contributed by atoms with van der Waals surface area (Å²) in [6.45, 7) is 0.145. The van der Waals surface area contributed by atoms with Gasteiger partial charge < -0.3 is 9.47 Å². The van der Waals surface area contributed by atoms with Crippen molar-refractivity contribution < 1.29 is 19.1 Å². The van der Waals surface area contributed by atoms with Crippen molar-refractivity contribution in [1.82, 2.24) is 5.32 Å². The zero-order chi connectivity index (χ0) is 18.8. The quantitative estimate of drug-likeness (QED) is 0.539. The van der Waals surface area contributed by atoms with Crippen LogP contribution < -0.4 is 5.32 Å². The number of nitrogens with one attached hydrogen (secondary N) is 1. The van der Waals surface area contributed by atoms with E-state index in [4.69, 9.17) is 9.47 Å². The molecular weight excluding hydrogens is 350 g/mol. The molecule has 0 bridgehead atoms. The highest BCUT2D eigenvalue weighted by Crippen LogP contribution is 2.15. The van der Waals surface area contributed by atoms with Crippen LogP contribution in [0.1, 0.15) is 11.1 Å². The van der Waals surface area contributed by atoms with E-state index in [1.54, 1.807) is 11.8 Å². The molecule has 0 amide bonds. The minimum Gasteiger partial charge on any atom is -0.468 e. The number of rotatable bonds is 9. The van der Waals surface area contributed by atoms with Crippen LogP contribution >= 0.6 is 11.8 Å². The van der Waals surface area contributed by atoms with Gasteiger partial charge in [-0.25, -0.2) is 0 Å². The molecule has 0 aliphatic carbocycles. The minimum absolute atomic E-state index is 0.0600. The molecule has 0 spiro atoms. The average Bonchev–Trinajstić information content (AvgIpc) is 2.70. The van der Waals surface area contributed by atoms with Gasteiger partial charge in [-0.15, -0.1) is 11.8 Å². The summed E-state index contributed by atoms with van der Waals surface area (Å²) in [5.74, 6) is -0.824. The number of carbonyl (C=O) groups is 2. The monoisotopic (exact) mass is 373 g/mol. The first kappa shape index (κ1) is 20.0. The van der Waals surface area contributed by atoms with E-state index in [-0.39, 0.29) is 13.2 Å². The second-order valence-electron chi connectivity index (χ2n) is 5.66. The van der Waals surface area contributed by atoms with Gasteiger partial charge in [-0.05, 0) is 35.9 Å². The number of hydrogen-bond acceptors (Lipinski definition) is 6. The Morgan fingerprint density at radius 2 is 1.73 bits per heavy atom. The van der Waals surface area contributed by atoms with Gasteiger partial charge in [0.2, 0.25) is 0 Å². The van der Waals surface area contributed by atoms with Crippen LogP contribution in [0.15, 0.2) is 59.5 Å². The second-order valence-corrected chi connectivity index (χ2v) is 6.53. The number of carbonyl (C=O) groups excluding carboxylic acids is 2. The van der Waals surface area contributed by atoms with Gasteiger partial charge in [0.25, 0.3) is 0 Å². The molecule has 0 fully saturated rings. The van der Waals surface area contributed by atoms with Crippen molar-refractivity contribution in [3.63, 3.8) is 0 Å². The fourth-order valence-electron chi connectivity index (χ4n) is 2.37. The Bertz CT molecular complexity index is 704. The van der Waals surface area contributed by atoms with Gasteiger partial charge in [0.15, 0.2) is 0 Å². The van der Waals surface area contributed by atoms with Crippen LogP contribution in [-0.2, 0) is 32.1 Å². The maximum atomic E-state index is 12.0. The lowest BCUT2D eigenvalue weighted by Gasteiger charge is -2.16. The highest BCUT2D eigenvalue weighted by atomic mass is 32.2. The van der Waals surface area contributed by atoms with Crippen LogP contribution in [-0.4, -0.2) is 37.9 Å². The maximum absolute atomic E-state index is 12.0. The summed E-state index contributed by atoms with van der Waals surface area (Å²) in [6, 6.07) is 16.8. The summed E-state index contributed by atoms with van der Waals surface area (Å²) in [7, 11) is 1.33. The van der Waals surface area contributed by atoms with Crippen LogP contribution in [0, 0.1) is 0 Å². The highest BCUT2D eigenvalue weighted by molar-refractivity contribution is 7.98. The lowest BCUT2D eigenvalue weighted by molar-refractivity contribution is -0.145. The maximum Gasteiger partial charge on any atom is 0.323 e. The molecule has 138 valence electrons. The molecule has 0 heterocycles. The van der Waals surface area contributed by atoms with Gasteiger partial charge in [0.1, 0.15) is 12.6 Å². The number of ether oxygens (including phenoxy) is 2. The molecule has 0 aromatic heterocycles. The topological polar surface area (TPSA) is 64.6 Å². The molecule has 0 aliphatic rings. The first-order valence-electron chi connectivity index (χ1n) is 8.26. The molecule has 0 unspecified atom stereocenters. The zero-order valence-corrected chi connectivity index (χ0v) is 15.8. The van der Waals surface area contributed by atoms with E-state index in [1.165, 1.54) is 7.11 Å². The number of esters is 2. The van der Waals surface area contributed by atoms with Crippen molar-refractivity contribution in [1.29, 1.82) is 0 Å². The number of methoxy groups -OCH3 is 1. The Morgan fingerprint density at radius 1 is 1.04 bits per heavy atom. The summed E-state index contributed by atoms with van der Waals surface area (Å²) in [5, 5.41) is 2.92. The van der Waals surface area contributed by atoms with Gasteiger partial charge in [0, 0.05) is 4.90 Å². The van der Waals surface area contributed by atoms with Crippen LogP contribution in [0.2, 0.25) is 0 Å². The van der Waals surface area contributed by atoms with E-state index in [1.807, 2.05) is 60.9 Å². The third-order valence-electron chi connectivity index (χ3n) is 3.82. The molecular formula is C20H23NO4S. The Kier molecular flexibility index (Phi) is 8.18. The number of hydrogen-bond donors (Lipinski definition) is 1. The van der Waals surface area contributed by atoms with Crippen molar-refractivity contribution in [3.8, 4) is 0 Å². The van der Waals surface area contributed by atoms with Gasteiger partial charge in [-0.1, -0.05) is 42.5 Å². The molecule has 0 saturated heterocycles. The first-order valence-corrected chi connectivity index (χ1v) is 9.48. The Labute approximate surface area is 158 Å². The van der Waals surface area contributed by atoms with E-state index >= 15 is 0 Å². The Balaban J connectivity index is 1.82. The Hall–Kier alpha value is -2.31. The third kappa shape index (κ3) is 6.54. The average molecular weight is 373 g/mol. The molecule has 2 rings (SSSR count). The Morgan fingerprint density at radius 3 is 2.35 bits per heavy atom. The van der Waals surface area contributed by atoms with Crippen LogP contribution in [0.3, 0.4) is 0 Å².